The van der Waals surface area contributed by atoms with E-state index in [1.165, 1.54) is 0 Å². The molecule has 0 amide bonds. The number of carbonyl (C=O) groups is 1. The van der Waals surface area contributed by atoms with Crippen molar-refractivity contribution in [3.8, 4) is 11.5 Å². The molecule has 0 spiro atoms. The number of carbonyl (C=O) groups excluding carboxylic acids is 1. The fraction of sp³-hybridized carbons (Fsp3) is 0.0500. The minimum absolute atomic E-state index is 0.160. The van der Waals surface area contributed by atoms with E-state index in [1.807, 2.05) is 36.4 Å². The zero-order valence-electron chi connectivity index (χ0n) is 13.5. The Morgan fingerprint density at radius 3 is 2.52 bits per heavy atom. The van der Waals surface area contributed by atoms with Crippen LogP contribution in [0.25, 0.3) is 5.57 Å². The lowest BCUT2D eigenvalue weighted by atomic mass is 9.98. The molecule has 0 saturated carbocycles. The number of para-hydroxylation sites is 1. The van der Waals surface area contributed by atoms with Crippen molar-refractivity contribution in [2.24, 2.45) is 0 Å². The van der Waals surface area contributed by atoms with Gasteiger partial charge < -0.3 is 9.47 Å². The fourth-order valence-corrected chi connectivity index (χ4v) is 2.77. The number of aromatic nitrogens is 2. The summed E-state index contributed by atoms with van der Waals surface area (Å²) in [5.74, 6) is 1.38. The number of rotatable bonds is 3. The normalized spacial score (nSPS) is 14.7. The number of benzene rings is 2. The third-order valence-corrected chi connectivity index (χ3v) is 3.98. The standard InChI is InChI=1S/C20H14N2O3/c1-24-14-8-6-13(7-9-14)18(16-12-21-10-11-22-16)20-19(23)15-4-2-3-5-17(15)25-20/h2-12H,1H3/b20-18+. The fourth-order valence-electron chi connectivity index (χ4n) is 2.77. The van der Waals surface area contributed by atoms with Gasteiger partial charge in [0.2, 0.25) is 5.78 Å². The smallest absolute Gasteiger partial charge is 0.232 e. The van der Waals surface area contributed by atoms with Crippen LogP contribution in [-0.2, 0) is 0 Å². The average Bonchev–Trinajstić information content (AvgIpc) is 3.00. The van der Waals surface area contributed by atoms with E-state index < -0.39 is 0 Å². The van der Waals surface area contributed by atoms with Crippen LogP contribution >= 0.6 is 0 Å². The lowest BCUT2D eigenvalue weighted by Crippen LogP contribution is -2.06. The highest BCUT2D eigenvalue weighted by Gasteiger charge is 2.31. The van der Waals surface area contributed by atoms with Gasteiger partial charge in [-0.25, -0.2) is 0 Å². The summed E-state index contributed by atoms with van der Waals surface area (Å²) in [5, 5.41) is 0. The Balaban J connectivity index is 1.91. The van der Waals surface area contributed by atoms with Crippen LogP contribution in [0.2, 0.25) is 0 Å². The second-order valence-corrected chi connectivity index (χ2v) is 5.45. The summed E-state index contributed by atoms with van der Waals surface area (Å²) >= 11 is 0. The highest BCUT2D eigenvalue weighted by molar-refractivity contribution is 6.17. The first-order valence-electron chi connectivity index (χ1n) is 7.74. The van der Waals surface area contributed by atoms with Crippen LogP contribution in [-0.4, -0.2) is 22.9 Å². The molecule has 0 unspecified atom stereocenters. The van der Waals surface area contributed by atoms with Crippen LogP contribution in [0.1, 0.15) is 21.6 Å². The Kier molecular flexibility index (Phi) is 3.74. The van der Waals surface area contributed by atoms with E-state index in [-0.39, 0.29) is 11.5 Å². The van der Waals surface area contributed by atoms with E-state index in [4.69, 9.17) is 9.47 Å². The van der Waals surface area contributed by atoms with Crippen LogP contribution in [0, 0.1) is 0 Å². The predicted octanol–water partition coefficient (Wildman–Crippen LogP) is 3.52. The first-order valence-corrected chi connectivity index (χ1v) is 7.74. The summed E-state index contributed by atoms with van der Waals surface area (Å²) < 4.78 is 11.1. The number of methoxy groups -OCH3 is 1. The van der Waals surface area contributed by atoms with Gasteiger partial charge in [-0.1, -0.05) is 24.3 Å². The summed E-state index contributed by atoms with van der Waals surface area (Å²) in [6.45, 7) is 0. The Morgan fingerprint density at radius 1 is 1.04 bits per heavy atom. The molecule has 1 aliphatic rings. The molecule has 1 aliphatic heterocycles. The second-order valence-electron chi connectivity index (χ2n) is 5.45. The molecular weight excluding hydrogens is 316 g/mol. The molecule has 2 heterocycles. The van der Waals surface area contributed by atoms with E-state index >= 15 is 0 Å². The third-order valence-electron chi connectivity index (χ3n) is 3.98. The van der Waals surface area contributed by atoms with Gasteiger partial charge in [-0.3, -0.25) is 14.8 Å². The molecule has 122 valence electrons. The largest absolute Gasteiger partial charge is 0.497 e. The molecule has 5 nitrogen and oxygen atoms in total. The third kappa shape index (κ3) is 2.65. The SMILES string of the molecule is COc1ccc(/C(=C2\Oc3ccccc3C2=O)c2cnccn2)cc1. The average molecular weight is 330 g/mol. The van der Waals surface area contributed by atoms with Crippen LogP contribution in [0.15, 0.2) is 72.9 Å². The van der Waals surface area contributed by atoms with Gasteiger partial charge in [0.15, 0.2) is 5.76 Å². The van der Waals surface area contributed by atoms with Gasteiger partial charge in [0.25, 0.3) is 0 Å². The van der Waals surface area contributed by atoms with Gasteiger partial charge in [-0.05, 0) is 29.8 Å². The molecule has 5 heteroatoms. The molecule has 4 rings (SSSR count). The molecule has 0 radical (unpaired) electrons. The number of Topliss-reactive ketones (excluding diaryl/α,β-unsaturated/α-hetero) is 1. The van der Waals surface area contributed by atoms with Crippen molar-refractivity contribution in [1.29, 1.82) is 0 Å². The Labute approximate surface area is 144 Å². The topological polar surface area (TPSA) is 61.3 Å². The van der Waals surface area contributed by atoms with Crippen molar-refractivity contribution in [3.05, 3.63) is 89.7 Å². The monoisotopic (exact) mass is 330 g/mol. The molecule has 0 atom stereocenters. The highest BCUT2D eigenvalue weighted by atomic mass is 16.5. The maximum absolute atomic E-state index is 12.9. The Hall–Kier alpha value is -3.47. The number of hydrogen-bond donors (Lipinski definition) is 0. The number of nitrogens with zero attached hydrogens (tertiary/aromatic N) is 2. The molecule has 0 fully saturated rings. The van der Waals surface area contributed by atoms with Gasteiger partial charge >= 0.3 is 0 Å². The summed E-state index contributed by atoms with van der Waals surface area (Å²) in [4.78, 5) is 21.3. The van der Waals surface area contributed by atoms with Crippen molar-refractivity contribution >= 4 is 11.4 Å². The van der Waals surface area contributed by atoms with Crippen LogP contribution in [0.3, 0.4) is 0 Å². The van der Waals surface area contributed by atoms with Crippen molar-refractivity contribution < 1.29 is 14.3 Å². The first-order chi connectivity index (χ1) is 12.3. The Bertz CT molecular complexity index is 964. The van der Waals surface area contributed by atoms with Crippen molar-refractivity contribution in [2.75, 3.05) is 7.11 Å². The molecule has 2 aromatic carbocycles. The summed E-state index contributed by atoms with van der Waals surface area (Å²) in [7, 11) is 1.61. The zero-order chi connectivity index (χ0) is 17.2. The molecular formula is C20H14N2O3. The number of ketones is 1. The number of fused-ring (bicyclic) bond motifs is 1. The lowest BCUT2D eigenvalue weighted by molar-refractivity contribution is 0.101. The maximum Gasteiger partial charge on any atom is 0.232 e. The van der Waals surface area contributed by atoms with Gasteiger partial charge in [0.05, 0.1) is 30.1 Å². The minimum Gasteiger partial charge on any atom is -0.497 e. The maximum atomic E-state index is 12.9. The summed E-state index contributed by atoms with van der Waals surface area (Å²) in [6.07, 6.45) is 4.80. The highest BCUT2D eigenvalue weighted by Crippen LogP contribution is 2.36. The number of ether oxygens (including phenoxy) is 2. The lowest BCUT2D eigenvalue weighted by Gasteiger charge is -2.11. The van der Waals surface area contributed by atoms with E-state index in [9.17, 15) is 4.79 Å². The molecule has 0 saturated heterocycles. The molecule has 0 aliphatic carbocycles. The molecule has 0 N–H and O–H groups in total. The summed E-state index contributed by atoms with van der Waals surface area (Å²) in [6, 6.07) is 14.6. The van der Waals surface area contributed by atoms with Gasteiger partial charge in [0.1, 0.15) is 11.5 Å². The quantitative estimate of drug-likeness (QED) is 0.688. The molecule has 3 aromatic rings. The number of allylic oxidation sites excluding steroid dienone is 1. The predicted molar refractivity (Wildman–Crippen MR) is 92.4 cm³/mol. The van der Waals surface area contributed by atoms with Crippen molar-refractivity contribution in [2.45, 2.75) is 0 Å². The van der Waals surface area contributed by atoms with Crippen LogP contribution in [0.5, 0.6) is 11.5 Å². The van der Waals surface area contributed by atoms with Crippen LogP contribution in [0.4, 0.5) is 0 Å². The van der Waals surface area contributed by atoms with Crippen molar-refractivity contribution in [3.63, 3.8) is 0 Å². The first kappa shape index (κ1) is 15.1. The van der Waals surface area contributed by atoms with Crippen molar-refractivity contribution in [1.82, 2.24) is 9.97 Å². The summed E-state index contributed by atoms with van der Waals surface area (Å²) in [5.41, 5.74) is 2.53. The van der Waals surface area contributed by atoms with E-state index in [1.54, 1.807) is 37.8 Å². The van der Waals surface area contributed by atoms with Gasteiger partial charge in [0, 0.05) is 12.4 Å². The second kappa shape index (κ2) is 6.20. The molecule has 0 bridgehead atoms. The minimum atomic E-state index is -0.160. The molecule has 25 heavy (non-hydrogen) atoms. The van der Waals surface area contributed by atoms with Gasteiger partial charge in [-0.2, -0.15) is 0 Å². The number of hydrogen-bond acceptors (Lipinski definition) is 5. The zero-order valence-corrected chi connectivity index (χ0v) is 13.5. The Morgan fingerprint density at radius 2 is 1.84 bits per heavy atom. The van der Waals surface area contributed by atoms with E-state index in [0.717, 1.165) is 11.3 Å². The van der Waals surface area contributed by atoms with Crippen LogP contribution < -0.4 is 9.47 Å². The molecule has 1 aromatic heterocycles. The van der Waals surface area contributed by atoms with E-state index in [2.05, 4.69) is 9.97 Å². The van der Waals surface area contributed by atoms with E-state index in [0.29, 0.717) is 22.6 Å². The van der Waals surface area contributed by atoms with Gasteiger partial charge in [-0.15, -0.1) is 0 Å².